The molecule has 0 aliphatic carbocycles. The monoisotopic (exact) mass is 371 g/mol. The summed E-state index contributed by atoms with van der Waals surface area (Å²) in [6.07, 6.45) is 1.56. The molecule has 112 valence electrons. The number of amides is 1. The van der Waals surface area contributed by atoms with Gasteiger partial charge in [-0.05, 0) is 59.1 Å². The van der Waals surface area contributed by atoms with Crippen LogP contribution < -0.4 is 10.1 Å². The van der Waals surface area contributed by atoms with Crippen molar-refractivity contribution in [1.82, 2.24) is 5.32 Å². The van der Waals surface area contributed by atoms with Crippen LogP contribution in [-0.2, 0) is 11.3 Å². The fourth-order valence-corrected chi connectivity index (χ4v) is 2.49. The summed E-state index contributed by atoms with van der Waals surface area (Å²) in [4.78, 5) is 11.7. The maximum Gasteiger partial charge on any atom is 0.258 e. The highest BCUT2D eigenvalue weighted by Crippen LogP contribution is 2.35. The normalized spacial score (nSPS) is 10.5. The minimum absolute atomic E-state index is 0.0696. The highest BCUT2D eigenvalue weighted by molar-refractivity contribution is 9.10. The molecule has 1 heterocycles. The van der Waals surface area contributed by atoms with Gasteiger partial charge in [-0.3, -0.25) is 4.79 Å². The lowest BCUT2D eigenvalue weighted by atomic mass is 10.1. The van der Waals surface area contributed by atoms with E-state index in [1.54, 1.807) is 24.5 Å². The van der Waals surface area contributed by atoms with E-state index < -0.39 is 0 Å². The molecule has 0 radical (unpaired) electrons. The second-order valence-corrected chi connectivity index (χ2v) is 5.76. The molecule has 0 bridgehead atoms. The van der Waals surface area contributed by atoms with Crippen molar-refractivity contribution in [3.05, 3.63) is 50.8 Å². The smallest absolute Gasteiger partial charge is 0.258 e. The average molecular weight is 373 g/mol. The molecular formula is C15H15BrClNO3. The Bertz CT molecular complexity index is 641. The van der Waals surface area contributed by atoms with Gasteiger partial charge in [0.1, 0.15) is 11.5 Å². The summed E-state index contributed by atoms with van der Waals surface area (Å²) in [6, 6.07) is 5.37. The molecule has 0 fully saturated rings. The number of hydrogen-bond acceptors (Lipinski definition) is 3. The van der Waals surface area contributed by atoms with Gasteiger partial charge in [-0.15, -0.1) is 0 Å². The molecule has 4 nitrogen and oxygen atoms in total. The molecule has 0 aliphatic heterocycles. The Kier molecular flexibility index (Phi) is 5.31. The number of carbonyl (C=O) groups excluding carboxylic acids is 1. The first-order valence-corrected chi connectivity index (χ1v) is 7.53. The third-order valence-electron chi connectivity index (χ3n) is 2.97. The van der Waals surface area contributed by atoms with Gasteiger partial charge < -0.3 is 14.5 Å². The van der Waals surface area contributed by atoms with Gasteiger partial charge in [0.15, 0.2) is 6.61 Å². The van der Waals surface area contributed by atoms with E-state index in [0.29, 0.717) is 23.1 Å². The molecule has 0 atom stereocenters. The maximum atomic E-state index is 11.7. The number of ether oxygens (including phenoxy) is 1. The van der Waals surface area contributed by atoms with Crippen LogP contribution in [0, 0.1) is 13.8 Å². The van der Waals surface area contributed by atoms with Crippen LogP contribution in [0.15, 0.2) is 33.4 Å². The molecule has 1 amide bonds. The Morgan fingerprint density at radius 3 is 2.90 bits per heavy atom. The highest BCUT2D eigenvalue weighted by Gasteiger charge is 2.12. The third kappa shape index (κ3) is 4.02. The first kappa shape index (κ1) is 15.9. The molecule has 1 N–H and O–H groups in total. The summed E-state index contributed by atoms with van der Waals surface area (Å²) in [7, 11) is 0. The second-order valence-electron chi connectivity index (χ2n) is 4.59. The van der Waals surface area contributed by atoms with E-state index in [1.807, 2.05) is 13.8 Å². The molecular weight excluding hydrogens is 358 g/mol. The first-order valence-electron chi connectivity index (χ1n) is 6.36. The molecule has 21 heavy (non-hydrogen) atoms. The number of carbonyl (C=O) groups is 1. The van der Waals surface area contributed by atoms with E-state index in [9.17, 15) is 4.79 Å². The van der Waals surface area contributed by atoms with Crippen molar-refractivity contribution >= 4 is 33.4 Å². The zero-order valence-electron chi connectivity index (χ0n) is 11.7. The topological polar surface area (TPSA) is 51.5 Å². The van der Waals surface area contributed by atoms with Gasteiger partial charge in [0, 0.05) is 5.02 Å². The van der Waals surface area contributed by atoms with E-state index >= 15 is 0 Å². The second kappa shape index (κ2) is 7.00. The van der Waals surface area contributed by atoms with Crippen LogP contribution in [-0.4, -0.2) is 12.5 Å². The van der Waals surface area contributed by atoms with Gasteiger partial charge >= 0.3 is 0 Å². The summed E-state index contributed by atoms with van der Waals surface area (Å²) < 4.78 is 11.4. The van der Waals surface area contributed by atoms with Crippen molar-refractivity contribution in [2.75, 3.05) is 6.61 Å². The molecule has 0 saturated heterocycles. The van der Waals surface area contributed by atoms with Crippen LogP contribution in [0.4, 0.5) is 0 Å². The summed E-state index contributed by atoms with van der Waals surface area (Å²) in [5, 5.41) is 3.41. The van der Waals surface area contributed by atoms with Crippen molar-refractivity contribution in [3.63, 3.8) is 0 Å². The molecule has 0 unspecified atom stereocenters. The lowest BCUT2D eigenvalue weighted by molar-refractivity contribution is -0.123. The Balaban J connectivity index is 1.92. The Labute approximate surface area is 136 Å². The molecule has 0 aliphatic rings. The lowest BCUT2D eigenvalue weighted by Crippen LogP contribution is -2.28. The van der Waals surface area contributed by atoms with E-state index in [-0.39, 0.29) is 12.5 Å². The molecule has 1 aromatic heterocycles. The van der Waals surface area contributed by atoms with Gasteiger partial charge in [-0.2, -0.15) is 0 Å². The zero-order chi connectivity index (χ0) is 15.4. The summed E-state index contributed by atoms with van der Waals surface area (Å²) >= 11 is 9.58. The Hall–Kier alpha value is -1.46. The van der Waals surface area contributed by atoms with E-state index in [2.05, 4.69) is 21.2 Å². The quantitative estimate of drug-likeness (QED) is 0.863. The largest absolute Gasteiger partial charge is 0.483 e. The maximum absolute atomic E-state index is 11.7. The number of rotatable bonds is 5. The van der Waals surface area contributed by atoms with E-state index in [4.69, 9.17) is 20.8 Å². The first-order chi connectivity index (χ1) is 9.99. The standard InChI is InChI=1S/C15H15BrClNO3/c1-9-6-12(14(16)10(2)15(9)17)21-8-13(19)18-7-11-4-3-5-20-11/h3-6H,7-8H2,1-2H3,(H,18,19). The van der Waals surface area contributed by atoms with Crippen LogP contribution in [0.2, 0.25) is 5.02 Å². The van der Waals surface area contributed by atoms with Crippen molar-refractivity contribution < 1.29 is 13.9 Å². The van der Waals surface area contributed by atoms with Gasteiger partial charge in [0.2, 0.25) is 0 Å². The highest BCUT2D eigenvalue weighted by atomic mass is 79.9. The summed E-state index contributed by atoms with van der Waals surface area (Å²) in [5.41, 5.74) is 1.80. The molecule has 2 rings (SSSR count). The number of furan rings is 1. The van der Waals surface area contributed by atoms with Crippen LogP contribution in [0.3, 0.4) is 0 Å². The Morgan fingerprint density at radius 2 is 2.24 bits per heavy atom. The van der Waals surface area contributed by atoms with Gasteiger partial charge in [0.25, 0.3) is 5.91 Å². The van der Waals surface area contributed by atoms with Crippen molar-refractivity contribution in [2.45, 2.75) is 20.4 Å². The van der Waals surface area contributed by atoms with E-state index in [0.717, 1.165) is 15.6 Å². The molecule has 0 spiro atoms. The number of nitrogens with one attached hydrogen (secondary N) is 1. The minimum Gasteiger partial charge on any atom is -0.483 e. The van der Waals surface area contributed by atoms with Crippen molar-refractivity contribution in [3.8, 4) is 5.75 Å². The van der Waals surface area contributed by atoms with Crippen LogP contribution >= 0.6 is 27.5 Å². The molecule has 2 aromatic rings. The average Bonchev–Trinajstić information content (AvgIpc) is 2.98. The van der Waals surface area contributed by atoms with Crippen molar-refractivity contribution in [2.24, 2.45) is 0 Å². The summed E-state index contributed by atoms with van der Waals surface area (Å²) in [5.74, 6) is 1.08. The van der Waals surface area contributed by atoms with Crippen molar-refractivity contribution in [1.29, 1.82) is 0 Å². The fraction of sp³-hybridized carbons (Fsp3) is 0.267. The number of halogens is 2. The molecule has 6 heteroatoms. The minimum atomic E-state index is -0.219. The third-order valence-corrected chi connectivity index (χ3v) is 4.53. The molecule has 0 saturated carbocycles. The number of aryl methyl sites for hydroxylation is 1. The van der Waals surface area contributed by atoms with Crippen LogP contribution in [0.25, 0.3) is 0 Å². The SMILES string of the molecule is Cc1cc(OCC(=O)NCc2ccco2)c(Br)c(C)c1Cl. The number of benzene rings is 1. The molecule has 1 aromatic carbocycles. The van der Waals surface area contributed by atoms with Gasteiger partial charge in [-0.25, -0.2) is 0 Å². The summed E-state index contributed by atoms with van der Waals surface area (Å²) in [6.45, 7) is 4.06. The number of hydrogen-bond donors (Lipinski definition) is 1. The zero-order valence-corrected chi connectivity index (χ0v) is 14.0. The van der Waals surface area contributed by atoms with Crippen LogP contribution in [0.5, 0.6) is 5.75 Å². The predicted molar refractivity (Wildman–Crippen MR) is 84.7 cm³/mol. The van der Waals surface area contributed by atoms with Gasteiger partial charge in [0.05, 0.1) is 17.3 Å². The van der Waals surface area contributed by atoms with Gasteiger partial charge in [-0.1, -0.05) is 11.6 Å². The fourth-order valence-electron chi connectivity index (χ4n) is 1.80. The van der Waals surface area contributed by atoms with Crippen LogP contribution in [0.1, 0.15) is 16.9 Å². The predicted octanol–water partition coefficient (Wildman–Crippen LogP) is 4.01. The van der Waals surface area contributed by atoms with E-state index in [1.165, 1.54) is 0 Å². The lowest BCUT2D eigenvalue weighted by Gasteiger charge is -2.13. The Morgan fingerprint density at radius 1 is 1.48 bits per heavy atom.